The molecule has 0 aromatic heterocycles. The molecule has 2 aliphatic heterocycles. The van der Waals surface area contributed by atoms with Crippen molar-refractivity contribution in [1.29, 1.82) is 0 Å². The highest BCUT2D eigenvalue weighted by molar-refractivity contribution is 5.95. The molecular formula is C40H56O3. The summed E-state index contributed by atoms with van der Waals surface area (Å²) in [5.41, 5.74) is 2.70. The standard InChI is InChI=1S/C40H56O3/c1-30(18-13-20-32(3)22-23-35(41)38(9)26-15-25-36(38,5)6)16-11-12-17-31(2)19-14-21-33(4)24-27-40-37(7,8)28-34(43-40)29-39(40,10)42/h11-14,16-24,27,34,42H,15,25-26,28-29H2,1-10H3/b12-11+,18-13+,19-14+,23-22+,27-24+,30-16+,31-17+,32-20+,33-21+/t34?,38-,39?,40?/m0/s1. The number of fused-ring (bicyclic) bond motifs is 2. The largest absolute Gasteiger partial charge is 0.387 e. The number of hydrogen-bond donors (Lipinski definition) is 1. The molecule has 0 aromatic carbocycles. The van der Waals surface area contributed by atoms with Crippen LogP contribution in [0.25, 0.3) is 0 Å². The number of hydrogen-bond acceptors (Lipinski definition) is 3. The zero-order valence-corrected chi connectivity index (χ0v) is 28.5. The molecule has 3 rings (SSSR count). The maximum atomic E-state index is 12.9. The summed E-state index contributed by atoms with van der Waals surface area (Å²) in [6.45, 7) is 21.1. The summed E-state index contributed by atoms with van der Waals surface area (Å²) >= 11 is 0. The third kappa shape index (κ3) is 7.86. The zero-order chi connectivity index (χ0) is 32.1. The highest BCUT2D eigenvalue weighted by atomic mass is 16.5. The molecule has 43 heavy (non-hydrogen) atoms. The SMILES string of the molecule is CC(/C=C/C=C(C)/C=C/C(=O)[C@]1(C)CCCC1(C)C)=C\C=C\C=C(C)\C=C\C=C(C)\C=C\C12OC(CC1(C)C)CC2(C)O. The predicted octanol–water partition coefficient (Wildman–Crippen LogP) is 10.0. The zero-order valence-electron chi connectivity index (χ0n) is 28.5. The fourth-order valence-corrected chi connectivity index (χ4v) is 7.13. The van der Waals surface area contributed by atoms with Crippen molar-refractivity contribution in [3.8, 4) is 0 Å². The van der Waals surface area contributed by atoms with Crippen LogP contribution in [-0.4, -0.2) is 28.2 Å². The molecule has 0 spiro atoms. The first-order valence-electron chi connectivity index (χ1n) is 16.0. The summed E-state index contributed by atoms with van der Waals surface area (Å²) in [6.07, 6.45) is 33.6. The molecule has 1 saturated carbocycles. The van der Waals surface area contributed by atoms with Gasteiger partial charge in [0.15, 0.2) is 5.78 Å². The second-order valence-corrected chi connectivity index (χ2v) is 14.9. The van der Waals surface area contributed by atoms with Crippen LogP contribution in [0.15, 0.2) is 107 Å². The van der Waals surface area contributed by atoms with Gasteiger partial charge >= 0.3 is 0 Å². The van der Waals surface area contributed by atoms with Gasteiger partial charge in [-0.05, 0) is 71.4 Å². The van der Waals surface area contributed by atoms with Crippen molar-refractivity contribution < 1.29 is 14.6 Å². The van der Waals surface area contributed by atoms with Gasteiger partial charge in [0, 0.05) is 17.3 Å². The number of ketones is 1. The Labute approximate surface area is 262 Å². The molecule has 234 valence electrons. The van der Waals surface area contributed by atoms with Gasteiger partial charge in [-0.15, -0.1) is 0 Å². The topological polar surface area (TPSA) is 46.5 Å². The Balaban J connectivity index is 1.50. The van der Waals surface area contributed by atoms with Crippen molar-refractivity contribution in [2.45, 2.75) is 119 Å². The van der Waals surface area contributed by atoms with Crippen molar-refractivity contribution >= 4 is 5.78 Å². The smallest absolute Gasteiger partial charge is 0.162 e. The molecule has 0 aromatic rings. The molecule has 3 unspecified atom stereocenters. The first-order valence-corrected chi connectivity index (χ1v) is 16.0. The van der Waals surface area contributed by atoms with Gasteiger partial charge in [0.05, 0.1) is 11.7 Å². The van der Waals surface area contributed by atoms with E-state index < -0.39 is 11.2 Å². The molecule has 0 radical (unpaired) electrons. The Kier molecular flexibility index (Phi) is 10.9. The number of carbonyl (C=O) groups excluding carboxylic acids is 1. The van der Waals surface area contributed by atoms with Crippen molar-refractivity contribution in [3.05, 3.63) is 107 Å². The number of ether oxygens (including phenoxy) is 1. The summed E-state index contributed by atoms with van der Waals surface area (Å²) in [6, 6.07) is 0. The Morgan fingerprint density at radius 3 is 1.65 bits per heavy atom. The van der Waals surface area contributed by atoms with E-state index in [2.05, 4.69) is 104 Å². The van der Waals surface area contributed by atoms with E-state index in [9.17, 15) is 9.90 Å². The van der Waals surface area contributed by atoms with E-state index in [4.69, 9.17) is 4.74 Å². The molecule has 2 saturated heterocycles. The van der Waals surface area contributed by atoms with E-state index in [0.717, 1.165) is 48.0 Å². The van der Waals surface area contributed by atoms with Gasteiger partial charge in [0.2, 0.25) is 0 Å². The van der Waals surface area contributed by atoms with Crippen LogP contribution in [0, 0.1) is 16.2 Å². The number of aliphatic hydroxyl groups is 1. The molecule has 3 fully saturated rings. The summed E-state index contributed by atoms with van der Waals surface area (Å²) < 4.78 is 6.31. The van der Waals surface area contributed by atoms with Crippen LogP contribution in [0.2, 0.25) is 0 Å². The van der Waals surface area contributed by atoms with Gasteiger partial charge in [-0.1, -0.05) is 136 Å². The maximum absolute atomic E-state index is 12.9. The van der Waals surface area contributed by atoms with Gasteiger partial charge in [0.25, 0.3) is 0 Å². The van der Waals surface area contributed by atoms with E-state index in [1.807, 2.05) is 44.2 Å². The minimum atomic E-state index is -0.848. The lowest BCUT2D eigenvalue weighted by Crippen LogP contribution is -2.56. The van der Waals surface area contributed by atoms with Gasteiger partial charge in [0.1, 0.15) is 5.60 Å². The van der Waals surface area contributed by atoms with Crippen LogP contribution >= 0.6 is 0 Å². The normalized spacial score (nSPS) is 33.5. The van der Waals surface area contributed by atoms with Crippen molar-refractivity contribution in [1.82, 2.24) is 0 Å². The number of rotatable bonds is 11. The highest BCUT2D eigenvalue weighted by Crippen LogP contribution is 2.60. The van der Waals surface area contributed by atoms with E-state index in [1.165, 1.54) is 0 Å². The van der Waals surface area contributed by atoms with Crippen LogP contribution in [-0.2, 0) is 9.53 Å². The second-order valence-electron chi connectivity index (χ2n) is 14.9. The number of allylic oxidation sites excluding steroid dienone is 17. The Bertz CT molecular complexity index is 1300. The maximum Gasteiger partial charge on any atom is 0.162 e. The average molecular weight is 585 g/mol. The fourth-order valence-electron chi connectivity index (χ4n) is 7.13. The molecule has 2 heterocycles. The summed E-state index contributed by atoms with van der Waals surface area (Å²) in [5, 5.41) is 11.1. The first-order chi connectivity index (χ1) is 19.9. The monoisotopic (exact) mass is 584 g/mol. The van der Waals surface area contributed by atoms with Gasteiger partial charge < -0.3 is 9.84 Å². The van der Waals surface area contributed by atoms with Gasteiger partial charge in [-0.25, -0.2) is 0 Å². The Morgan fingerprint density at radius 2 is 1.16 bits per heavy atom. The quantitative estimate of drug-likeness (QED) is 0.194. The van der Waals surface area contributed by atoms with Crippen molar-refractivity contribution in [3.63, 3.8) is 0 Å². The van der Waals surface area contributed by atoms with Crippen LogP contribution in [0.1, 0.15) is 101 Å². The molecule has 3 nitrogen and oxygen atoms in total. The molecule has 0 amide bonds. The summed E-state index contributed by atoms with van der Waals surface area (Å²) in [4.78, 5) is 12.9. The minimum absolute atomic E-state index is 0.0612. The highest BCUT2D eigenvalue weighted by Gasteiger charge is 2.67. The van der Waals surface area contributed by atoms with E-state index in [1.54, 1.807) is 6.08 Å². The van der Waals surface area contributed by atoms with Gasteiger partial charge in [-0.3, -0.25) is 4.79 Å². The lowest BCUT2D eigenvalue weighted by Gasteiger charge is -2.46. The molecule has 1 N–H and O–H groups in total. The Hall–Kier alpha value is -2.75. The van der Waals surface area contributed by atoms with Crippen molar-refractivity contribution in [2.75, 3.05) is 0 Å². The molecular weight excluding hydrogens is 528 g/mol. The lowest BCUT2D eigenvalue weighted by molar-refractivity contribution is -0.127. The first kappa shape index (κ1) is 34.7. The lowest BCUT2D eigenvalue weighted by atomic mass is 9.61. The van der Waals surface area contributed by atoms with Gasteiger partial charge in [-0.2, -0.15) is 0 Å². The number of carbonyl (C=O) groups is 1. The predicted molar refractivity (Wildman–Crippen MR) is 183 cm³/mol. The molecule has 4 atom stereocenters. The average Bonchev–Trinajstić information content (AvgIpc) is 3.44. The van der Waals surface area contributed by atoms with Crippen LogP contribution < -0.4 is 0 Å². The minimum Gasteiger partial charge on any atom is -0.387 e. The van der Waals surface area contributed by atoms with E-state index in [0.29, 0.717) is 6.42 Å². The molecule has 3 aliphatic rings. The Morgan fingerprint density at radius 1 is 0.651 bits per heavy atom. The van der Waals surface area contributed by atoms with E-state index >= 15 is 0 Å². The van der Waals surface area contributed by atoms with Crippen LogP contribution in [0.4, 0.5) is 0 Å². The van der Waals surface area contributed by atoms with Crippen molar-refractivity contribution in [2.24, 2.45) is 16.2 Å². The van der Waals surface area contributed by atoms with Crippen LogP contribution in [0.5, 0.6) is 0 Å². The van der Waals surface area contributed by atoms with E-state index in [-0.39, 0.29) is 28.1 Å². The molecule has 2 bridgehead atoms. The summed E-state index contributed by atoms with van der Waals surface area (Å²) in [7, 11) is 0. The summed E-state index contributed by atoms with van der Waals surface area (Å²) in [5.74, 6) is 0.245. The second kappa shape index (κ2) is 13.5. The molecule has 1 aliphatic carbocycles. The third-order valence-electron chi connectivity index (χ3n) is 10.4. The van der Waals surface area contributed by atoms with Crippen LogP contribution in [0.3, 0.4) is 0 Å². The molecule has 3 heteroatoms. The third-order valence-corrected chi connectivity index (χ3v) is 10.4. The fraction of sp³-hybridized carbons (Fsp3) is 0.525.